The van der Waals surface area contributed by atoms with Crippen LogP contribution < -0.4 is 9.47 Å². The van der Waals surface area contributed by atoms with Crippen LogP contribution in [0.1, 0.15) is 24.6 Å². The van der Waals surface area contributed by atoms with Crippen molar-refractivity contribution in [1.82, 2.24) is 18.8 Å². The van der Waals surface area contributed by atoms with Gasteiger partial charge in [0.15, 0.2) is 11.5 Å². The number of ether oxygens (including phenoxy) is 2. The van der Waals surface area contributed by atoms with Crippen LogP contribution in [-0.2, 0) is 10.0 Å². The summed E-state index contributed by atoms with van der Waals surface area (Å²) in [5.41, 5.74) is 1.98. The molecule has 9 heteroatoms. The number of pyridine rings is 1. The molecule has 0 bridgehead atoms. The van der Waals surface area contributed by atoms with Gasteiger partial charge in [-0.25, -0.2) is 13.4 Å². The van der Waals surface area contributed by atoms with E-state index in [4.69, 9.17) is 9.47 Å². The van der Waals surface area contributed by atoms with Crippen LogP contribution in [0, 0.1) is 6.92 Å². The van der Waals surface area contributed by atoms with E-state index < -0.39 is 10.0 Å². The molecule has 1 atom stereocenters. The number of hydrogen-bond acceptors (Lipinski definition) is 6. The zero-order valence-corrected chi connectivity index (χ0v) is 18.1. The maximum atomic E-state index is 13.4. The van der Waals surface area contributed by atoms with Crippen LogP contribution in [0.25, 0.3) is 11.4 Å². The van der Waals surface area contributed by atoms with Crippen molar-refractivity contribution in [1.29, 1.82) is 0 Å². The van der Waals surface area contributed by atoms with Gasteiger partial charge in [-0.1, -0.05) is 0 Å². The van der Waals surface area contributed by atoms with Crippen LogP contribution in [-0.4, -0.2) is 53.6 Å². The van der Waals surface area contributed by atoms with Crippen LogP contribution >= 0.6 is 0 Å². The summed E-state index contributed by atoms with van der Waals surface area (Å²) < 4.78 is 41.7. The number of fused-ring (bicyclic) bond motifs is 1. The van der Waals surface area contributed by atoms with Crippen molar-refractivity contribution in [2.45, 2.75) is 30.7 Å². The SMILES string of the molecule is Cc1cnc(-c2ccncc2)n1C1CCCN(S(=O)(=O)c2ccc3c(c2)OCCO3)C1. The van der Waals surface area contributed by atoms with Gasteiger partial charge >= 0.3 is 0 Å². The lowest BCUT2D eigenvalue weighted by Crippen LogP contribution is -2.41. The van der Waals surface area contributed by atoms with Crippen LogP contribution in [0.15, 0.2) is 53.8 Å². The summed E-state index contributed by atoms with van der Waals surface area (Å²) in [5, 5.41) is 0. The topological polar surface area (TPSA) is 86.6 Å². The minimum absolute atomic E-state index is 0.00593. The fourth-order valence-corrected chi connectivity index (χ4v) is 5.84. The maximum absolute atomic E-state index is 13.4. The Labute approximate surface area is 181 Å². The van der Waals surface area contributed by atoms with Crippen molar-refractivity contribution < 1.29 is 17.9 Å². The maximum Gasteiger partial charge on any atom is 0.243 e. The monoisotopic (exact) mass is 440 g/mol. The van der Waals surface area contributed by atoms with Gasteiger partial charge in [-0.3, -0.25) is 4.98 Å². The molecule has 0 N–H and O–H groups in total. The van der Waals surface area contributed by atoms with E-state index >= 15 is 0 Å². The molecule has 0 spiro atoms. The van der Waals surface area contributed by atoms with E-state index in [-0.39, 0.29) is 10.9 Å². The molecule has 31 heavy (non-hydrogen) atoms. The molecule has 1 fully saturated rings. The minimum atomic E-state index is -3.66. The summed E-state index contributed by atoms with van der Waals surface area (Å²) in [6.45, 7) is 3.78. The molecule has 0 radical (unpaired) electrons. The zero-order chi connectivity index (χ0) is 21.4. The predicted molar refractivity (Wildman–Crippen MR) is 115 cm³/mol. The first kappa shape index (κ1) is 20.0. The number of hydrogen-bond donors (Lipinski definition) is 0. The third kappa shape index (κ3) is 3.68. The third-order valence-electron chi connectivity index (χ3n) is 5.80. The van der Waals surface area contributed by atoms with E-state index in [0.29, 0.717) is 37.8 Å². The summed E-state index contributed by atoms with van der Waals surface area (Å²) in [5.74, 6) is 1.90. The average molecular weight is 441 g/mol. The van der Waals surface area contributed by atoms with Gasteiger partial charge in [-0.15, -0.1) is 0 Å². The van der Waals surface area contributed by atoms with Crippen molar-refractivity contribution in [2.75, 3.05) is 26.3 Å². The largest absolute Gasteiger partial charge is 0.486 e. The second-order valence-corrected chi connectivity index (χ2v) is 9.73. The molecule has 0 aliphatic carbocycles. The predicted octanol–water partition coefficient (Wildman–Crippen LogP) is 3.05. The number of sulfonamides is 1. The Kier molecular flexibility index (Phi) is 5.15. The molecule has 1 aromatic carbocycles. The van der Waals surface area contributed by atoms with Gasteiger partial charge < -0.3 is 14.0 Å². The number of imidazole rings is 1. The number of benzene rings is 1. The molecular formula is C22H24N4O4S. The third-order valence-corrected chi connectivity index (χ3v) is 7.66. The Morgan fingerprint density at radius 2 is 1.84 bits per heavy atom. The molecule has 0 saturated carbocycles. The summed E-state index contributed by atoms with van der Waals surface area (Å²) in [7, 11) is -3.66. The Morgan fingerprint density at radius 1 is 1.06 bits per heavy atom. The number of nitrogens with zero attached hydrogens (tertiary/aromatic N) is 4. The average Bonchev–Trinajstić information content (AvgIpc) is 3.20. The van der Waals surface area contributed by atoms with Crippen molar-refractivity contribution >= 4 is 10.0 Å². The Hall–Kier alpha value is -2.91. The van der Waals surface area contributed by atoms with Gasteiger partial charge in [0, 0.05) is 55.0 Å². The lowest BCUT2D eigenvalue weighted by molar-refractivity contribution is 0.171. The molecule has 162 valence electrons. The molecule has 5 rings (SSSR count). The molecule has 1 unspecified atom stereocenters. The highest BCUT2D eigenvalue weighted by Gasteiger charge is 2.33. The van der Waals surface area contributed by atoms with Crippen molar-refractivity contribution in [2.24, 2.45) is 0 Å². The van der Waals surface area contributed by atoms with Crippen LogP contribution in [0.4, 0.5) is 0 Å². The van der Waals surface area contributed by atoms with Gasteiger partial charge in [0.25, 0.3) is 0 Å². The molecule has 8 nitrogen and oxygen atoms in total. The Bertz CT molecular complexity index is 1190. The first-order chi connectivity index (χ1) is 15.0. The highest BCUT2D eigenvalue weighted by atomic mass is 32.2. The molecule has 1 saturated heterocycles. The first-order valence-electron chi connectivity index (χ1n) is 10.4. The number of aryl methyl sites for hydroxylation is 1. The Balaban J connectivity index is 1.44. The molecule has 2 aromatic heterocycles. The van der Waals surface area contributed by atoms with E-state index in [1.165, 1.54) is 0 Å². The van der Waals surface area contributed by atoms with Crippen LogP contribution in [0.2, 0.25) is 0 Å². The van der Waals surface area contributed by atoms with E-state index in [0.717, 1.165) is 29.9 Å². The van der Waals surface area contributed by atoms with Crippen molar-refractivity contribution in [3.63, 3.8) is 0 Å². The molecule has 4 heterocycles. The van der Waals surface area contributed by atoms with E-state index in [1.54, 1.807) is 34.9 Å². The molecule has 3 aromatic rings. The van der Waals surface area contributed by atoms with Gasteiger partial charge in [0.2, 0.25) is 10.0 Å². The standard InChI is InChI=1S/C22H24N4O4S/c1-16-14-24-22(17-6-8-23-9-7-17)26(16)18-3-2-10-25(15-18)31(27,28)19-4-5-20-21(13-19)30-12-11-29-20/h4-9,13-14,18H,2-3,10-12,15H2,1H3. The number of aromatic nitrogens is 3. The van der Waals surface area contributed by atoms with E-state index in [2.05, 4.69) is 14.5 Å². The van der Waals surface area contributed by atoms with Gasteiger partial charge in [0.05, 0.1) is 4.90 Å². The van der Waals surface area contributed by atoms with Gasteiger partial charge in [-0.2, -0.15) is 4.31 Å². The van der Waals surface area contributed by atoms with E-state index in [1.807, 2.05) is 25.3 Å². The summed E-state index contributed by atoms with van der Waals surface area (Å²) in [6, 6.07) is 8.68. The fraction of sp³-hybridized carbons (Fsp3) is 0.364. The molecular weight excluding hydrogens is 416 g/mol. The molecule has 2 aliphatic rings. The highest BCUT2D eigenvalue weighted by Crippen LogP contribution is 2.35. The van der Waals surface area contributed by atoms with Gasteiger partial charge in [0.1, 0.15) is 19.0 Å². The summed E-state index contributed by atoms with van der Waals surface area (Å²) >= 11 is 0. The van der Waals surface area contributed by atoms with Crippen molar-refractivity contribution in [3.05, 3.63) is 54.6 Å². The lowest BCUT2D eigenvalue weighted by atomic mass is 10.1. The second-order valence-electron chi connectivity index (χ2n) is 7.79. The fourth-order valence-electron chi connectivity index (χ4n) is 4.30. The normalized spacial score (nSPS) is 19.3. The Morgan fingerprint density at radius 3 is 2.65 bits per heavy atom. The number of rotatable bonds is 4. The van der Waals surface area contributed by atoms with Gasteiger partial charge in [-0.05, 0) is 44.0 Å². The van der Waals surface area contributed by atoms with Crippen molar-refractivity contribution in [3.8, 4) is 22.9 Å². The van der Waals surface area contributed by atoms with E-state index in [9.17, 15) is 8.42 Å². The summed E-state index contributed by atoms with van der Waals surface area (Å²) in [6.07, 6.45) is 6.99. The first-order valence-corrected chi connectivity index (χ1v) is 11.8. The quantitative estimate of drug-likeness (QED) is 0.620. The van der Waals surface area contributed by atoms with Crippen LogP contribution in [0.5, 0.6) is 11.5 Å². The minimum Gasteiger partial charge on any atom is -0.486 e. The zero-order valence-electron chi connectivity index (χ0n) is 17.3. The lowest BCUT2D eigenvalue weighted by Gasteiger charge is -2.34. The highest BCUT2D eigenvalue weighted by molar-refractivity contribution is 7.89. The summed E-state index contributed by atoms with van der Waals surface area (Å²) in [4.78, 5) is 8.91. The smallest absolute Gasteiger partial charge is 0.243 e. The second kappa shape index (κ2) is 7.97. The molecule has 0 amide bonds. The number of piperidine rings is 1. The van der Waals surface area contributed by atoms with Crippen LogP contribution in [0.3, 0.4) is 0 Å². The molecule has 2 aliphatic heterocycles.